The minimum Gasteiger partial charge on any atom is -0.480 e. The molecular formula is C24H24N2O5. The van der Waals surface area contributed by atoms with Crippen molar-refractivity contribution in [3.63, 3.8) is 0 Å². The molecule has 0 bridgehead atoms. The summed E-state index contributed by atoms with van der Waals surface area (Å²) in [5, 5.41) is 19.6. The van der Waals surface area contributed by atoms with E-state index in [-0.39, 0.29) is 18.0 Å². The summed E-state index contributed by atoms with van der Waals surface area (Å²) < 4.78 is 0. The minimum atomic E-state index is -1.05. The van der Waals surface area contributed by atoms with Crippen molar-refractivity contribution in [1.82, 2.24) is 9.88 Å². The number of carboxylic acid groups (broad SMARTS) is 2. The molecule has 0 aliphatic carbocycles. The third-order valence-electron chi connectivity index (χ3n) is 5.15. The third-order valence-corrected chi connectivity index (χ3v) is 5.15. The van der Waals surface area contributed by atoms with Gasteiger partial charge in [0, 0.05) is 23.9 Å². The number of aromatic carboxylic acids is 1. The SMILES string of the molecule is CCCC(=O)N(Cc1ccc2nc(-c3ccccc3C(=O)O)ccc2c1)[C@@H](C)C(=O)O. The number of carbonyl (C=O) groups excluding carboxylic acids is 1. The number of fused-ring (bicyclic) bond motifs is 1. The highest BCUT2D eigenvalue weighted by Gasteiger charge is 2.25. The largest absolute Gasteiger partial charge is 0.480 e. The van der Waals surface area contributed by atoms with Crippen molar-refractivity contribution in [3.05, 3.63) is 65.7 Å². The summed E-state index contributed by atoms with van der Waals surface area (Å²) in [7, 11) is 0. The Labute approximate surface area is 180 Å². The Morgan fingerprint density at radius 1 is 1.03 bits per heavy atom. The van der Waals surface area contributed by atoms with Gasteiger partial charge in [0.1, 0.15) is 6.04 Å². The molecule has 7 heteroatoms. The average Bonchev–Trinajstić information content (AvgIpc) is 2.76. The summed E-state index contributed by atoms with van der Waals surface area (Å²) in [5.74, 6) is -2.26. The van der Waals surface area contributed by atoms with Crippen LogP contribution in [0.25, 0.3) is 22.2 Å². The van der Waals surface area contributed by atoms with Gasteiger partial charge in [0.25, 0.3) is 0 Å². The second kappa shape index (κ2) is 9.38. The molecule has 7 nitrogen and oxygen atoms in total. The first-order valence-electron chi connectivity index (χ1n) is 10.1. The Balaban J connectivity index is 1.93. The van der Waals surface area contributed by atoms with E-state index in [1.54, 1.807) is 30.3 Å². The number of pyridine rings is 1. The Morgan fingerprint density at radius 2 is 1.77 bits per heavy atom. The molecule has 1 atom stereocenters. The quantitative estimate of drug-likeness (QED) is 0.565. The standard InChI is InChI=1S/C24H24N2O5/c1-3-6-22(27)26(15(2)23(28)29)14-16-9-11-20-17(13-16)10-12-21(25-20)18-7-4-5-8-19(18)24(30)31/h4-5,7-13,15H,3,6,14H2,1-2H3,(H,28,29)(H,30,31)/t15-/m0/s1. The van der Waals surface area contributed by atoms with E-state index >= 15 is 0 Å². The van der Waals surface area contributed by atoms with Crippen molar-refractivity contribution in [3.8, 4) is 11.3 Å². The maximum absolute atomic E-state index is 12.4. The highest BCUT2D eigenvalue weighted by molar-refractivity contribution is 5.96. The summed E-state index contributed by atoms with van der Waals surface area (Å²) in [6.45, 7) is 3.57. The van der Waals surface area contributed by atoms with Crippen molar-refractivity contribution >= 4 is 28.7 Å². The number of carbonyl (C=O) groups is 3. The lowest BCUT2D eigenvalue weighted by Gasteiger charge is -2.26. The highest BCUT2D eigenvalue weighted by atomic mass is 16.4. The number of benzene rings is 2. The van der Waals surface area contributed by atoms with Gasteiger partial charge in [-0.05, 0) is 43.2 Å². The van der Waals surface area contributed by atoms with Gasteiger partial charge in [0.05, 0.1) is 16.8 Å². The molecule has 31 heavy (non-hydrogen) atoms. The van der Waals surface area contributed by atoms with Gasteiger partial charge in [0.2, 0.25) is 5.91 Å². The normalized spacial score (nSPS) is 11.8. The Kier molecular flexibility index (Phi) is 6.65. The van der Waals surface area contributed by atoms with Crippen LogP contribution in [-0.4, -0.2) is 44.0 Å². The topological polar surface area (TPSA) is 108 Å². The van der Waals surface area contributed by atoms with Gasteiger partial charge in [-0.1, -0.05) is 37.3 Å². The van der Waals surface area contributed by atoms with E-state index in [9.17, 15) is 24.6 Å². The lowest BCUT2D eigenvalue weighted by atomic mass is 10.0. The van der Waals surface area contributed by atoms with Crippen molar-refractivity contribution < 1.29 is 24.6 Å². The number of hydrogen-bond acceptors (Lipinski definition) is 4. The molecule has 2 N–H and O–H groups in total. The molecule has 0 saturated carbocycles. The Bertz CT molecular complexity index is 1140. The first kappa shape index (κ1) is 22.0. The van der Waals surface area contributed by atoms with Crippen LogP contribution in [-0.2, 0) is 16.1 Å². The summed E-state index contributed by atoms with van der Waals surface area (Å²) in [5.41, 5.74) is 2.74. The first-order valence-corrected chi connectivity index (χ1v) is 10.1. The Hall–Kier alpha value is -3.74. The van der Waals surface area contributed by atoms with Gasteiger partial charge < -0.3 is 15.1 Å². The zero-order chi connectivity index (χ0) is 22.5. The molecule has 0 aliphatic heterocycles. The number of aromatic nitrogens is 1. The van der Waals surface area contributed by atoms with Gasteiger partial charge in [-0.2, -0.15) is 0 Å². The van der Waals surface area contributed by atoms with Gasteiger partial charge in [-0.25, -0.2) is 14.6 Å². The van der Waals surface area contributed by atoms with Crippen LogP contribution in [0.2, 0.25) is 0 Å². The van der Waals surface area contributed by atoms with Crippen LogP contribution in [0.5, 0.6) is 0 Å². The molecule has 0 aliphatic rings. The third kappa shape index (κ3) is 4.88. The van der Waals surface area contributed by atoms with E-state index in [1.165, 1.54) is 17.9 Å². The number of nitrogens with zero attached hydrogens (tertiary/aromatic N) is 2. The van der Waals surface area contributed by atoms with Crippen LogP contribution in [0.4, 0.5) is 0 Å². The minimum absolute atomic E-state index is 0.179. The molecule has 1 aromatic heterocycles. The average molecular weight is 420 g/mol. The molecular weight excluding hydrogens is 396 g/mol. The summed E-state index contributed by atoms with van der Waals surface area (Å²) in [6.07, 6.45) is 0.934. The lowest BCUT2D eigenvalue weighted by molar-refractivity contribution is -0.150. The molecule has 0 fully saturated rings. The van der Waals surface area contributed by atoms with E-state index in [0.29, 0.717) is 29.6 Å². The molecule has 0 radical (unpaired) electrons. The fraction of sp³-hybridized carbons (Fsp3) is 0.250. The number of hydrogen-bond donors (Lipinski definition) is 2. The van der Waals surface area contributed by atoms with Crippen molar-refractivity contribution in [2.75, 3.05) is 0 Å². The molecule has 0 spiro atoms. The Morgan fingerprint density at radius 3 is 2.45 bits per heavy atom. The second-order valence-electron chi connectivity index (χ2n) is 7.36. The van der Waals surface area contributed by atoms with Crippen molar-refractivity contribution in [2.45, 2.75) is 39.3 Å². The highest BCUT2D eigenvalue weighted by Crippen LogP contribution is 2.25. The fourth-order valence-electron chi connectivity index (χ4n) is 3.44. The molecule has 1 amide bonds. The zero-order valence-corrected chi connectivity index (χ0v) is 17.4. The van der Waals surface area contributed by atoms with E-state index in [4.69, 9.17) is 0 Å². The molecule has 3 rings (SSSR count). The predicted molar refractivity (Wildman–Crippen MR) is 117 cm³/mol. The van der Waals surface area contributed by atoms with Gasteiger partial charge in [-0.3, -0.25) is 4.79 Å². The second-order valence-corrected chi connectivity index (χ2v) is 7.36. The van der Waals surface area contributed by atoms with Crippen LogP contribution in [0.1, 0.15) is 42.6 Å². The van der Waals surface area contributed by atoms with Crippen molar-refractivity contribution in [2.24, 2.45) is 0 Å². The number of carboxylic acids is 2. The van der Waals surface area contributed by atoms with Crippen LogP contribution in [0.15, 0.2) is 54.6 Å². The van der Waals surface area contributed by atoms with Crippen LogP contribution < -0.4 is 0 Å². The summed E-state index contributed by atoms with van der Waals surface area (Å²) >= 11 is 0. The molecule has 1 heterocycles. The molecule has 2 aromatic carbocycles. The van der Waals surface area contributed by atoms with Gasteiger partial charge in [-0.15, -0.1) is 0 Å². The van der Waals surface area contributed by atoms with Crippen LogP contribution in [0, 0.1) is 0 Å². The molecule has 160 valence electrons. The van der Waals surface area contributed by atoms with E-state index in [0.717, 1.165) is 10.9 Å². The van der Waals surface area contributed by atoms with Crippen LogP contribution in [0.3, 0.4) is 0 Å². The molecule has 3 aromatic rings. The number of rotatable bonds is 8. The van der Waals surface area contributed by atoms with Gasteiger partial charge >= 0.3 is 11.9 Å². The number of aliphatic carboxylic acids is 1. The first-order chi connectivity index (χ1) is 14.8. The van der Waals surface area contributed by atoms with E-state index in [1.807, 2.05) is 25.1 Å². The van der Waals surface area contributed by atoms with E-state index in [2.05, 4.69) is 4.98 Å². The smallest absolute Gasteiger partial charge is 0.336 e. The lowest BCUT2D eigenvalue weighted by Crippen LogP contribution is -2.42. The zero-order valence-electron chi connectivity index (χ0n) is 17.4. The molecule has 0 unspecified atom stereocenters. The maximum Gasteiger partial charge on any atom is 0.336 e. The maximum atomic E-state index is 12.4. The predicted octanol–water partition coefficient (Wildman–Crippen LogP) is 4.20. The monoisotopic (exact) mass is 420 g/mol. The fourth-order valence-corrected chi connectivity index (χ4v) is 3.44. The van der Waals surface area contributed by atoms with Crippen LogP contribution >= 0.6 is 0 Å². The van der Waals surface area contributed by atoms with Crippen molar-refractivity contribution in [1.29, 1.82) is 0 Å². The van der Waals surface area contributed by atoms with E-state index < -0.39 is 18.0 Å². The number of amides is 1. The molecule has 0 saturated heterocycles. The summed E-state index contributed by atoms with van der Waals surface area (Å²) in [4.78, 5) is 41.4. The van der Waals surface area contributed by atoms with Gasteiger partial charge in [0.15, 0.2) is 0 Å². The summed E-state index contributed by atoms with van der Waals surface area (Å²) in [6, 6.07) is 14.8.